The lowest BCUT2D eigenvalue weighted by atomic mass is 10.0. The highest BCUT2D eigenvalue weighted by Gasteiger charge is 2.06. The summed E-state index contributed by atoms with van der Waals surface area (Å²) in [7, 11) is 0. The molecule has 0 atom stereocenters. The van der Waals surface area contributed by atoms with Gasteiger partial charge in [-0.1, -0.05) is 23.3 Å². The van der Waals surface area contributed by atoms with Gasteiger partial charge < -0.3 is 5.32 Å². The zero-order valence-electron chi connectivity index (χ0n) is 10.1. The summed E-state index contributed by atoms with van der Waals surface area (Å²) in [5, 5.41) is 3.39. The van der Waals surface area contributed by atoms with Crippen LogP contribution in [0.25, 0.3) is 0 Å². The van der Waals surface area contributed by atoms with Crippen molar-refractivity contribution < 1.29 is 0 Å². The van der Waals surface area contributed by atoms with Gasteiger partial charge in [-0.3, -0.25) is 0 Å². The fraction of sp³-hybridized carbons (Fsp3) is 0.429. The van der Waals surface area contributed by atoms with Crippen molar-refractivity contribution in [2.24, 2.45) is 0 Å². The highest BCUT2D eigenvalue weighted by molar-refractivity contribution is 5.54. The van der Waals surface area contributed by atoms with Crippen LogP contribution in [0.1, 0.15) is 31.4 Å². The Hall–Kier alpha value is -1.24. The molecule has 0 fully saturated rings. The molecule has 0 saturated heterocycles. The fourth-order valence-corrected chi connectivity index (χ4v) is 1.60. The third-order valence-corrected chi connectivity index (χ3v) is 2.20. The van der Waals surface area contributed by atoms with E-state index < -0.39 is 0 Å². The minimum Gasteiger partial charge on any atom is -0.385 e. The normalized spacial score (nSPS) is 13.0. The monoisotopic (exact) mass is 203 g/mol. The second-order valence-electron chi connectivity index (χ2n) is 4.40. The molecule has 1 heteroatoms. The van der Waals surface area contributed by atoms with Gasteiger partial charge in [-0.25, -0.2) is 0 Å². The van der Waals surface area contributed by atoms with Gasteiger partial charge in [0, 0.05) is 12.2 Å². The van der Waals surface area contributed by atoms with Crippen molar-refractivity contribution >= 4 is 5.69 Å². The first-order chi connectivity index (χ1) is 7.09. The molecule has 0 aromatic heterocycles. The van der Waals surface area contributed by atoms with E-state index in [2.05, 4.69) is 37.0 Å². The average molecular weight is 203 g/mol. The number of benzene rings is 1. The maximum atomic E-state index is 3.56. The molecule has 1 aliphatic heterocycles. The van der Waals surface area contributed by atoms with Crippen molar-refractivity contribution in [1.82, 2.24) is 0 Å². The molecular formula is C14H21N. The molecule has 0 aliphatic carbocycles. The molecule has 2 rings (SSSR count). The molecule has 1 N–H and O–H groups in total. The van der Waals surface area contributed by atoms with E-state index >= 15 is 0 Å². The highest BCUT2D eigenvalue weighted by atomic mass is 14.9. The molecule has 0 saturated carbocycles. The number of hydrogen-bond acceptors (Lipinski definition) is 1. The molecule has 1 aromatic carbocycles. The van der Waals surface area contributed by atoms with Gasteiger partial charge in [-0.05, 0) is 45.2 Å². The maximum absolute atomic E-state index is 3.56. The van der Waals surface area contributed by atoms with E-state index in [0.29, 0.717) is 0 Å². The van der Waals surface area contributed by atoms with Crippen molar-refractivity contribution in [2.45, 2.75) is 33.6 Å². The van der Waals surface area contributed by atoms with Crippen LogP contribution in [0.4, 0.5) is 5.69 Å². The third kappa shape index (κ3) is 4.20. The van der Waals surface area contributed by atoms with Crippen molar-refractivity contribution in [3.05, 3.63) is 41.5 Å². The second kappa shape index (κ2) is 5.59. The largest absolute Gasteiger partial charge is 0.385 e. The van der Waals surface area contributed by atoms with Crippen LogP contribution in [0.2, 0.25) is 0 Å². The first-order valence-corrected chi connectivity index (χ1v) is 5.55. The predicted octanol–water partition coefficient (Wildman–Crippen LogP) is 3.94. The van der Waals surface area contributed by atoms with Crippen LogP contribution in [0.3, 0.4) is 0 Å². The van der Waals surface area contributed by atoms with E-state index in [0.717, 1.165) is 6.54 Å². The van der Waals surface area contributed by atoms with E-state index in [1.54, 1.807) is 0 Å². The zero-order chi connectivity index (χ0) is 11.3. The van der Waals surface area contributed by atoms with E-state index in [-0.39, 0.29) is 0 Å². The Bertz CT molecular complexity index is 335. The SMILES string of the molecule is C=C(C)C.Cc1ccc2c(c1)CCCN2. The van der Waals surface area contributed by atoms with E-state index in [1.165, 1.54) is 35.2 Å². The van der Waals surface area contributed by atoms with Crippen molar-refractivity contribution in [1.29, 1.82) is 0 Å². The van der Waals surface area contributed by atoms with Crippen molar-refractivity contribution in [3.8, 4) is 0 Å². The number of nitrogens with one attached hydrogen (secondary N) is 1. The Balaban J connectivity index is 0.000000245. The lowest BCUT2D eigenvalue weighted by Gasteiger charge is -2.17. The predicted molar refractivity (Wildman–Crippen MR) is 68.5 cm³/mol. The molecule has 15 heavy (non-hydrogen) atoms. The van der Waals surface area contributed by atoms with Crippen LogP contribution in [0.5, 0.6) is 0 Å². The van der Waals surface area contributed by atoms with Gasteiger partial charge in [0.05, 0.1) is 0 Å². The summed E-state index contributed by atoms with van der Waals surface area (Å²) >= 11 is 0. The maximum Gasteiger partial charge on any atom is 0.0372 e. The summed E-state index contributed by atoms with van der Waals surface area (Å²) in [4.78, 5) is 0. The Morgan fingerprint density at radius 2 is 2.00 bits per heavy atom. The molecular weight excluding hydrogens is 182 g/mol. The molecule has 0 unspecified atom stereocenters. The topological polar surface area (TPSA) is 12.0 Å². The van der Waals surface area contributed by atoms with Crippen LogP contribution >= 0.6 is 0 Å². The molecule has 1 nitrogen and oxygen atoms in total. The summed E-state index contributed by atoms with van der Waals surface area (Å²) in [6.07, 6.45) is 2.51. The van der Waals surface area contributed by atoms with Crippen LogP contribution in [0.15, 0.2) is 30.4 Å². The molecule has 0 bridgehead atoms. The lowest BCUT2D eigenvalue weighted by molar-refractivity contribution is 0.829. The molecule has 1 heterocycles. The van der Waals surface area contributed by atoms with Crippen LogP contribution in [-0.4, -0.2) is 6.54 Å². The van der Waals surface area contributed by atoms with Gasteiger partial charge in [0.25, 0.3) is 0 Å². The summed E-state index contributed by atoms with van der Waals surface area (Å²) in [5.41, 5.74) is 5.35. The Morgan fingerprint density at radius 1 is 1.33 bits per heavy atom. The Labute approximate surface area is 93.2 Å². The zero-order valence-corrected chi connectivity index (χ0v) is 10.1. The van der Waals surface area contributed by atoms with Gasteiger partial charge in [0.2, 0.25) is 0 Å². The first kappa shape index (κ1) is 11.8. The molecule has 0 spiro atoms. The quantitative estimate of drug-likeness (QED) is 0.630. The lowest BCUT2D eigenvalue weighted by Crippen LogP contribution is -2.11. The van der Waals surface area contributed by atoms with Gasteiger partial charge >= 0.3 is 0 Å². The average Bonchev–Trinajstić information content (AvgIpc) is 2.16. The van der Waals surface area contributed by atoms with Crippen LogP contribution < -0.4 is 5.32 Å². The summed E-state index contributed by atoms with van der Waals surface area (Å²) in [5.74, 6) is 0. The first-order valence-electron chi connectivity index (χ1n) is 5.55. The summed E-state index contributed by atoms with van der Waals surface area (Å²) in [6, 6.07) is 6.63. The second-order valence-corrected chi connectivity index (χ2v) is 4.40. The summed E-state index contributed by atoms with van der Waals surface area (Å²) < 4.78 is 0. The highest BCUT2D eigenvalue weighted by Crippen LogP contribution is 2.22. The van der Waals surface area contributed by atoms with Crippen molar-refractivity contribution in [3.63, 3.8) is 0 Å². The number of rotatable bonds is 0. The number of allylic oxidation sites excluding steroid dienone is 1. The van der Waals surface area contributed by atoms with Gasteiger partial charge in [-0.15, -0.1) is 6.58 Å². The minimum atomic E-state index is 1.13. The number of aryl methyl sites for hydroxylation is 2. The molecule has 82 valence electrons. The summed E-state index contributed by atoms with van der Waals surface area (Å²) in [6.45, 7) is 10.8. The standard InChI is InChI=1S/C10H13N.C4H8/c1-8-4-5-10-9(7-8)3-2-6-11-10;1-4(2)3/h4-5,7,11H,2-3,6H2,1H3;1H2,2-3H3. The third-order valence-electron chi connectivity index (χ3n) is 2.20. The number of hydrogen-bond donors (Lipinski definition) is 1. The van der Waals surface area contributed by atoms with E-state index in [1.807, 2.05) is 13.8 Å². The number of fused-ring (bicyclic) bond motifs is 1. The van der Waals surface area contributed by atoms with Gasteiger partial charge in [-0.2, -0.15) is 0 Å². The van der Waals surface area contributed by atoms with Crippen LogP contribution in [-0.2, 0) is 6.42 Å². The fourth-order valence-electron chi connectivity index (χ4n) is 1.60. The van der Waals surface area contributed by atoms with Crippen molar-refractivity contribution in [2.75, 3.05) is 11.9 Å². The molecule has 1 aromatic rings. The Morgan fingerprint density at radius 3 is 2.67 bits per heavy atom. The minimum absolute atomic E-state index is 1.13. The van der Waals surface area contributed by atoms with Gasteiger partial charge in [0.1, 0.15) is 0 Å². The van der Waals surface area contributed by atoms with E-state index in [9.17, 15) is 0 Å². The number of anilines is 1. The van der Waals surface area contributed by atoms with E-state index in [4.69, 9.17) is 0 Å². The molecule has 1 aliphatic rings. The molecule has 0 amide bonds. The van der Waals surface area contributed by atoms with Crippen LogP contribution in [0, 0.1) is 6.92 Å². The molecule has 0 radical (unpaired) electrons. The smallest absolute Gasteiger partial charge is 0.0372 e. The Kier molecular flexibility index (Phi) is 4.41. The van der Waals surface area contributed by atoms with Gasteiger partial charge in [0.15, 0.2) is 0 Å².